The van der Waals surface area contributed by atoms with Gasteiger partial charge in [-0.1, -0.05) is 12.1 Å². The van der Waals surface area contributed by atoms with Gasteiger partial charge in [0.2, 0.25) is 5.95 Å². The highest BCUT2D eigenvalue weighted by molar-refractivity contribution is 5.85. The highest BCUT2D eigenvalue weighted by atomic mass is 16.4. The lowest BCUT2D eigenvalue weighted by Crippen LogP contribution is -2.54. The second-order valence-corrected chi connectivity index (χ2v) is 4.81. The zero-order valence-corrected chi connectivity index (χ0v) is 11.5. The van der Waals surface area contributed by atoms with Crippen molar-refractivity contribution in [2.24, 2.45) is 17.9 Å². The number of anilines is 1. The Labute approximate surface area is 113 Å². The van der Waals surface area contributed by atoms with Crippen LogP contribution in [0, 0.1) is 0 Å². The number of nitrogens with zero attached hydrogens (tertiary/aromatic N) is 5. The number of imidazole rings is 1. The van der Waals surface area contributed by atoms with Crippen molar-refractivity contribution in [3.05, 3.63) is 12.4 Å². The molecule has 0 amide bonds. The molecular formula is C12H22N6O. The summed E-state index contributed by atoms with van der Waals surface area (Å²) in [6.45, 7) is 5.64. The van der Waals surface area contributed by atoms with Gasteiger partial charge in [-0.3, -0.25) is 4.90 Å². The van der Waals surface area contributed by atoms with E-state index in [4.69, 9.17) is 10.9 Å². The SMILES string of the molecule is CCC(C(N)=NO)N1CCN(c2nccn2C)CC1. The maximum absolute atomic E-state index is 8.82. The molecule has 2 rings (SSSR count). The van der Waals surface area contributed by atoms with Crippen molar-refractivity contribution >= 4 is 11.8 Å². The van der Waals surface area contributed by atoms with Gasteiger partial charge in [-0.05, 0) is 6.42 Å². The molecule has 1 aliphatic heterocycles. The van der Waals surface area contributed by atoms with Crippen LogP contribution in [0.15, 0.2) is 17.5 Å². The number of amidine groups is 1. The van der Waals surface area contributed by atoms with Crippen LogP contribution in [0.2, 0.25) is 0 Å². The summed E-state index contributed by atoms with van der Waals surface area (Å²) in [6, 6.07) is 0.0218. The number of piperazine rings is 1. The zero-order valence-electron chi connectivity index (χ0n) is 11.5. The summed E-state index contributed by atoms with van der Waals surface area (Å²) in [5.41, 5.74) is 5.74. The summed E-state index contributed by atoms with van der Waals surface area (Å²) in [6.07, 6.45) is 4.61. The van der Waals surface area contributed by atoms with Crippen molar-refractivity contribution < 1.29 is 5.21 Å². The molecule has 19 heavy (non-hydrogen) atoms. The van der Waals surface area contributed by atoms with E-state index in [9.17, 15) is 0 Å². The number of rotatable bonds is 4. The molecule has 0 spiro atoms. The number of hydrogen-bond acceptors (Lipinski definition) is 5. The van der Waals surface area contributed by atoms with Crippen LogP contribution in [0.5, 0.6) is 0 Å². The van der Waals surface area contributed by atoms with Gasteiger partial charge in [0.15, 0.2) is 5.84 Å². The standard InChI is InChI=1S/C12H22N6O/c1-3-10(11(13)15-19)17-6-8-18(9-7-17)12-14-4-5-16(12)2/h4-5,10,19H,3,6-9H2,1-2H3,(H2,13,15). The van der Waals surface area contributed by atoms with E-state index in [0.717, 1.165) is 38.5 Å². The van der Waals surface area contributed by atoms with Gasteiger partial charge >= 0.3 is 0 Å². The van der Waals surface area contributed by atoms with E-state index in [-0.39, 0.29) is 6.04 Å². The Bertz CT molecular complexity index is 435. The molecule has 7 nitrogen and oxygen atoms in total. The Hall–Kier alpha value is -1.76. The molecule has 1 unspecified atom stereocenters. The quantitative estimate of drug-likeness (QED) is 0.349. The molecule has 1 saturated heterocycles. The molecule has 1 aromatic heterocycles. The van der Waals surface area contributed by atoms with Crippen LogP contribution in [0.25, 0.3) is 0 Å². The fourth-order valence-corrected chi connectivity index (χ4v) is 2.62. The molecule has 2 heterocycles. The molecule has 7 heteroatoms. The van der Waals surface area contributed by atoms with Crippen LogP contribution in [0.3, 0.4) is 0 Å². The Morgan fingerprint density at radius 2 is 2.16 bits per heavy atom. The Balaban J connectivity index is 1.97. The predicted molar refractivity (Wildman–Crippen MR) is 74.5 cm³/mol. The van der Waals surface area contributed by atoms with Gasteiger partial charge in [0.05, 0.1) is 6.04 Å². The monoisotopic (exact) mass is 266 g/mol. The lowest BCUT2D eigenvalue weighted by Gasteiger charge is -2.38. The third kappa shape index (κ3) is 2.81. The zero-order chi connectivity index (χ0) is 13.8. The van der Waals surface area contributed by atoms with Crippen molar-refractivity contribution in [2.45, 2.75) is 19.4 Å². The topological polar surface area (TPSA) is 82.9 Å². The minimum Gasteiger partial charge on any atom is -0.409 e. The molecule has 1 fully saturated rings. The fraction of sp³-hybridized carbons (Fsp3) is 0.667. The maximum Gasteiger partial charge on any atom is 0.205 e. The van der Waals surface area contributed by atoms with E-state index in [1.165, 1.54) is 0 Å². The van der Waals surface area contributed by atoms with E-state index >= 15 is 0 Å². The molecule has 0 saturated carbocycles. The van der Waals surface area contributed by atoms with E-state index in [1.807, 2.05) is 30.9 Å². The first kappa shape index (κ1) is 13.7. The van der Waals surface area contributed by atoms with Crippen molar-refractivity contribution in [1.29, 1.82) is 0 Å². The van der Waals surface area contributed by atoms with Gasteiger partial charge < -0.3 is 20.4 Å². The molecule has 1 aliphatic rings. The first-order valence-electron chi connectivity index (χ1n) is 6.61. The molecule has 0 aromatic carbocycles. The summed E-state index contributed by atoms with van der Waals surface area (Å²) in [7, 11) is 2.00. The summed E-state index contributed by atoms with van der Waals surface area (Å²) in [5, 5.41) is 12.0. The van der Waals surface area contributed by atoms with E-state index in [0.29, 0.717) is 5.84 Å². The fourth-order valence-electron chi connectivity index (χ4n) is 2.62. The smallest absolute Gasteiger partial charge is 0.205 e. The van der Waals surface area contributed by atoms with E-state index in [2.05, 4.69) is 19.9 Å². The number of aryl methyl sites for hydroxylation is 1. The normalized spacial score (nSPS) is 19.7. The maximum atomic E-state index is 8.82. The predicted octanol–water partition coefficient (Wildman–Crippen LogP) is 0.0671. The molecule has 0 bridgehead atoms. The van der Waals surface area contributed by atoms with Crippen molar-refractivity contribution in [1.82, 2.24) is 14.5 Å². The van der Waals surface area contributed by atoms with Crippen LogP contribution >= 0.6 is 0 Å². The molecule has 0 radical (unpaired) electrons. The number of aromatic nitrogens is 2. The van der Waals surface area contributed by atoms with E-state index in [1.54, 1.807) is 0 Å². The Kier molecular flexibility index (Phi) is 4.26. The van der Waals surface area contributed by atoms with Crippen LogP contribution in [0.4, 0.5) is 5.95 Å². The highest BCUT2D eigenvalue weighted by Gasteiger charge is 2.26. The second kappa shape index (κ2) is 5.92. The van der Waals surface area contributed by atoms with Gasteiger partial charge in [-0.25, -0.2) is 4.98 Å². The first-order valence-corrected chi connectivity index (χ1v) is 6.61. The number of hydrogen-bond donors (Lipinski definition) is 2. The largest absolute Gasteiger partial charge is 0.409 e. The summed E-state index contributed by atoms with van der Waals surface area (Å²) in [5.74, 6) is 1.30. The molecule has 106 valence electrons. The third-order valence-corrected chi connectivity index (χ3v) is 3.68. The molecule has 1 atom stereocenters. The Morgan fingerprint density at radius 1 is 1.47 bits per heavy atom. The van der Waals surface area contributed by atoms with Crippen molar-refractivity contribution in [2.75, 3.05) is 31.1 Å². The number of oxime groups is 1. The first-order chi connectivity index (χ1) is 9.17. The van der Waals surface area contributed by atoms with Gasteiger partial charge in [0.25, 0.3) is 0 Å². The molecule has 1 aromatic rings. The van der Waals surface area contributed by atoms with Crippen molar-refractivity contribution in [3.63, 3.8) is 0 Å². The minimum atomic E-state index is 0.0218. The van der Waals surface area contributed by atoms with Gasteiger partial charge in [-0.2, -0.15) is 0 Å². The highest BCUT2D eigenvalue weighted by Crippen LogP contribution is 2.15. The molecule has 3 N–H and O–H groups in total. The lowest BCUT2D eigenvalue weighted by atomic mass is 10.1. The number of nitrogens with two attached hydrogens (primary N) is 1. The second-order valence-electron chi connectivity index (χ2n) is 4.81. The summed E-state index contributed by atoms with van der Waals surface area (Å²) >= 11 is 0. The average molecular weight is 266 g/mol. The van der Waals surface area contributed by atoms with Gasteiger partial charge in [0.1, 0.15) is 0 Å². The Morgan fingerprint density at radius 3 is 2.63 bits per heavy atom. The van der Waals surface area contributed by atoms with Gasteiger partial charge in [0, 0.05) is 45.6 Å². The molecule has 0 aliphatic carbocycles. The average Bonchev–Trinajstić information content (AvgIpc) is 2.86. The third-order valence-electron chi connectivity index (χ3n) is 3.68. The van der Waals surface area contributed by atoms with Crippen LogP contribution in [0.1, 0.15) is 13.3 Å². The van der Waals surface area contributed by atoms with Gasteiger partial charge in [-0.15, -0.1) is 0 Å². The minimum absolute atomic E-state index is 0.0218. The van der Waals surface area contributed by atoms with Crippen molar-refractivity contribution in [3.8, 4) is 0 Å². The van der Waals surface area contributed by atoms with Crippen LogP contribution < -0.4 is 10.6 Å². The van der Waals surface area contributed by atoms with Crippen LogP contribution in [-0.4, -0.2) is 57.7 Å². The lowest BCUT2D eigenvalue weighted by molar-refractivity contribution is 0.215. The van der Waals surface area contributed by atoms with E-state index < -0.39 is 0 Å². The summed E-state index contributed by atoms with van der Waals surface area (Å²) in [4.78, 5) is 8.88. The summed E-state index contributed by atoms with van der Waals surface area (Å²) < 4.78 is 2.02. The van der Waals surface area contributed by atoms with Crippen LogP contribution in [-0.2, 0) is 7.05 Å². The molecular weight excluding hydrogens is 244 g/mol.